The van der Waals surface area contributed by atoms with E-state index in [2.05, 4.69) is 31.3 Å². The largest absolute Gasteiger partial charge is 0.381 e. The summed E-state index contributed by atoms with van der Waals surface area (Å²) in [6.45, 7) is 8.37. The van der Waals surface area contributed by atoms with Gasteiger partial charge in [-0.05, 0) is 61.3 Å². The average Bonchev–Trinajstić information content (AvgIpc) is 3.25. The highest BCUT2D eigenvalue weighted by Crippen LogP contribution is 2.29. The standard InChI is InChI=1S/C18H28ClNO/c1-14(2)10-20-11-17(13-21-12-16-3-4-16)9-15-5-7-18(19)8-6-15/h5-8,14,16-17,20H,3-4,9-13H2,1-2H3. The summed E-state index contributed by atoms with van der Waals surface area (Å²) < 4.78 is 5.91. The molecule has 1 fully saturated rings. The van der Waals surface area contributed by atoms with Crippen LogP contribution in [0.3, 0.4) is 0 Å². The lowest BCUT2D eigenvalue weighted by atomic mass is 10.00. The molecule has 2 rings (SSSR count). The van der Waals surface area contributed by atoms with Gasteiger partial charge >= 0.3 is 0 Å². The lowest BCUT2D eigenvalue weighted by Gasteiger charge is -2.19. The van der Waals surface area contributed by atoms with E-state index in [1.165, 1.54) is 18.4 Å². The maximum atomic E-state index is 5.95. The van der Waals surface area contributed by atoms with Crippen molar-refractivity contribution in [1.82, 2.24) is 5.32 Å². The highest BCUT2D eigenvalue weighted by atomic mass is 35.5. The van der Waals surface area contributed by atoms with Gasteiger partial charge in [-0.3, -0.25) is 0 Å². The van der Waals surface area contributed by atoms with Gasteiger partial charge in [0, 0.05) is 18.2 Å². The van der Waals surface area contributed by atoms with Gasteiger partial charge in [-0.2, -0.15) is 0 Å². The van der Waals surface area contributed by atoms with E-state index in [0.29, 0.717) is 11.8 Å². The molecule has 1 aromatic carbocycles. The van der Waals surface area contributed by atoms with Gasteiger partial charge in [0.25, 0.3) is 0 Å². The Hall–Kier alpha value is -0.570. The van der Waals surface area contributed by atoms with Gasteiger partial charge in [0.05, 0.1) is 6.61 Å². The van der Waals surface area contributed by atoms with Crippen LogP contribution in [0.25, 0.3) is 0 Å². The normalized spacial score (nSPS) is 16.4. The van der Waals surface area contributed by atoms with E-state index in [9.17, 15) is 0 Å². The average molecular weight is 310 g/mol. The molecule has 1 aromatic rings. The molecule has 1 atom stereocenters. The lowest BCUT2D eigenvalue weighted by Crippen LogP contribution is -2.30. The van der Waals surface area contributed by atoms with Gasteiger partial charge in [0.2, 0.25) is 0 Å². The Morgan fingerprint density at radius 2 is 1.90 bits per heavy atom. The Kier molecular flexibility index (Phi) is 7.01. The number of benzene rings is 1. The fourth-order valence-electron chi connectivity index (χ4n) is 2.41. The van der Waals surface area contributed by atoms with Crippen molar-refractivity contribution < 1.29 is 4.74 Å². The highest BCUT2D eigenvalue weighted by Gasteiger charge is 2.22. The molecule has 0 heterocycles. The van der Waals surface area contributed by atoms with Crippen molar-refractivity contribution in [3.8, 4) is 0 Å². The zero-order valence-electron chi connectivity index (χ0n) is 13.3. The summed E-state index contributed by atoms with van der Waals surface area (Å²) in [7, 11) is 0. The molecule has 0 aliphatic heterocycles. The Morgan fingerprint density at radius 3 is 2.52 bits per heavy atom. The van der Waals surface area contributed by atoms with Crippen LogP contribution in [0.15, 0.2) is 24.3 Å². The molecule has 0 spiro atoms. The van der Waals surface area contributed by atoms with Crippen LogP contribution in [-0.4, -0.2) is 26.3 Å². The summed E-state index contributed by atoms with van der Waals surface area (Å²) in [5, 5.41) is 4.37. The number of hydrogen-bond donors (Lipinski definition) is 1. The second-order valence-electron chi connectivity index (χ2n) is 6.73. The number of ether oxygens (including phenoxy) is 1. The van der Waals surface area contributed by atoms with Crippen LogP contribution in [0.4, 0.5) is 0 Å². The number of halogens is 1. The third-order valence-corrected chi connectivity index (χ3v) is 4.08. The summed E-state index contributed by atoms with van der Waals surface area (Å²) in [6, 6.07) is 8.19. The van der Waals surface area contributed by atoms with E-state index in [1.54, 1.807) is 0 Å². The Bertz CT molecular complexity index is 392. The molecule has 1 aliphatic rings. The monoisotopic (exact) mass is 309 g/mol. The molecule has 0 aromatic heterocycles. The summed E-state index contributed by atoms with van der Waals surface area (Å²) in [4.78, 5) is 0. The van der Waals surface area contributed by atoms with E-state index in [4.69, 9.17) is 16.3 Å². The minimum atomic E-state index is 0.531. The SMILES string of the molecule is CC(C)CNCC(COCC1CC1)Cc1ccc(Cl)cc1. The second-order valence-corrected chi connectivity index (χ2v) is 7.17. The Morgan fingerprint density at radius 1 is 1.19 bits per heavy atom. The van der Waals surface area contributed by atoms with Crippen molar-refractivity contribution in [2.45, 2.75) is 33.1 Å². The molecule has 0 saturated heterocycles. The molecule has 1 saturated carbocycles. The zero-order valence-corrected chi connectivity index (χ0v) is 14.0. The highest BCUT2D eigenvalue weighted by molar-refractivity contribution is 6.30. The molecule has 2 nitrogen and oxygen atoms in total. The van der Waals surface area contributed by atoms with Crippen LogP contribution >= 0.6 is 11.6 Å². The van der Waals surface area contributed by atoms with E-state index < -0.39 is 0 Å². The van der Waals surface area contributed by atoms with Crippen LogP contribution in [0.2, 0.25) is 5.02 Å². The first-order valence-corrected chi connectivity index (χ1v) is 8.54. The molecular formula is C18H28ClNO. The molecule has 0 bridgehead atoms. The molecule has 1 unspecified atom stereocenters. The lowest BCUT2D eigenvalue weighted by molar-refractivity contribution is 0.0905. The maximum Gasteiger partial charge on any atom is 0.0509 e. The van der Waals surface area contributed by atoms with Gasteiger partial charge in [0.1, 0.15) is 0 Å². The summed E-state index contributed by atoms with van der Waals surface area (Å²) in [6.07, 6.45) is 3.76. The van der Waals surface area contributed by atoms with E-state index in [1.807, 2.05) is 12.1 Å². The van der Waals surface area contributed by atoms with Crippen molar-refractivity contribution in [2.24, 2.45) is 17.8 Å². The first kappa shape index (κ1) is 16.8. The fraction of sp³-hybridized carbons (Fsp3) is 0.667. The minimum absolute atomic E-state index is 0.531. The smallest absolute Gasteiger partial charge is 0.0509 e. The zero-order chi connectivity index (χ0) is 15.1. The van der Waals surface area contributed by atoms with Gasteiger partial charge < -0.3 is 10.1 Å². The number of hydrogen-bond acceptors (Lipinski definition) is 2. The van der Waals surface area contributed by atoms with Gasteiger partial charge in [-0.15, -0.1) is 0 Å². The van der Waals surface area contributed by atoms with Crippen molar-refractivity contribution in [3.05, 3.63) is 34.9 Å². The number of nitrogens with one attached hydrogen (secondary N) is 1. The maximum absolute atomic E-state index is 5.95. The molecule has 21 heavy (non-hydrogen) atoms. The molecule has 1 N–H and O–H groups in total. The van der Waals surface area contributed by atoms with Crippen molar-refractivity contribution in [3.63, 3.8) is 0 Å². The predicted molar refractivity (Wildman–Crippen MR) is 89.9 cm³/mol. The van der Waals surface area contributed by atoms with Crippen LogP contribution in [0, 0.1) is 17.8 Å². The van der Waals surface area contributed by atoms with E-state index in [-0.39, 0.29) is 0 Å². The second kappa shape index (κ2) is 8.77. The topological polar surface area (TPSA) is 21.3 Å². The minimum Gasteiger partial charge on any atom is -0.381 e. The van der Waals surface area contributed by atoms with Crippen LogP contribution < -0.4 is 5.32 Å². The third-order valence-electron chi connectivity index (χ3n) is 3.83. The van der Waals surface area contributed by atoms with Crippen molar-refractivity contribution in [2.75, 3.05) is 26.3 Å². The van der Waals surface area contributed by atoms with E-state index >= 15 is 0 Å². The molecule has 0 radical (unpaired) electrons. The molecule has 1 aliphatic carbocycles. The Balaban J connectivity index is 1.78. The third kappa shape index (κ3) is 7.30. The molecule has 0 amide bonds. The summed E-state index contributed by atoms with van der Waals surface area (Å²) in [5.74, 6) is 2.06. The van der Waals surface area contributed by atoms with Crippen LogP contribution in [0.5, 0.6) is 0 Å². The molecule has 3 heteroatoms. The fourth-order valence-corrected chi connectivity index (χ4v) is 2.53. The van der Waals surface area contributed by atoms with Crippen LogP contribution in [-0.2, 0) is 11.2 Å². The first-order chi connectivity index (χ1) is 10.1. The van der Waals surface area contributed by atoms with Gasteiger partial charge in [-0.25, -0.2) is 0 Å². The summed E-state index contributed by atoms with van der Waals surface area (Å²) >= 11 is 5.95. The van der Waals surface area contributed by atoms with Gasteiger partial charge in [0.15, 0.2) is 0 Å². The summed E-state index contributed by atoms with van der Waals surface area (Å²) in [5.41, 5.74) is 1.34. The Labute approximate surface area is 134 Å². The van der Waals surface area contributed by atoms with Crippen LogP contribution in [0.1, 0.15) is 32.3 Å². The quantitative estimate of drug-likeness (QED) is 0.700. The number of rotatable bonds is 10. The van der Waals surface area contributed by atoms with E-state index in [0.717, 1.165) is 43.7 Å². The van der Waals surface area contributed by atoms with Crippen molar-refractivity contribution in [1.29, 1.82) is 0 Å². The predicted octanol–water partition coefficient (Wildman–Crippen LogP) is 4.17. The van der Waals surface area contributed by atoms with Crippen molar-refractivity contribution >= 4 is 11.6 Å². The van der Waals surface area contributed by atoms with Gasteiger partial charge in [-0.1, -0.05) is 37.6 Å². The first-order valence-electron chi connectivity index (χ1n) is 8.16. The molecule has 118 valence electrons. The molecular weight excluding hydrogens is 282 g/mol.